The van der Waals surface area contributed by atoms with Gasteiger partial charge in [-0.1, -0.05) is 0 Å². The third-order valence-corrected chi connectivity index (χ3v) is 1.02. The van der Waals surface area contributed by atoms with Gasteiger partial charge in [-0.15, -0.1) is 10.2 Å². The first kappa shape index (κ1) is 6.15. The molecule has 5 heteroatoms. The summed E-state index contributed by atoms with van der Waals surface area (Å²) in [6.45, 7) is 1.85. The van der Waals surface area contributed by atoms with E-state index in [1.807, 2.05) is 6.92 Å². The lowest BCUT2D eigenvalue weighted by atomic mass is 10.4. The van der Waals surface area contributed by atoms with Crippen LogP contribution in [0, 0.1) is 0 Å². The van der Waals surface area contributed by atoms with Crippen LogP contribution in [0.4, 0.5) is 0 Å². The van der Waals surface area contributed by atoms with Crippen molar-refractivity contribution >= 4 is 0 Å². The molecule has 0 spiro atoms. The van der Waals surface area contributed by atoms with Gasteiger partial charge < -0.3 is 5.11 Å². The first-order valence-corrected chi connectivity index (χ1v) is 2.68. The summed E-state index contributed by atoms with van der Waals surface area (Å²) in [5.41, 5.74) is 0. The van der Waals surface area contributed by atoms with Gasteiger partial charge in [-0.3, -0.25) is 0 Å². The summed E-state index contributed by atoms with van der Waals surface area (Å²) in [7, 11) is 0. The third kappa shape index (κ3) is 1.23. The van der Waals surface area contributed by atoms with E-state index in [2.05, 4.69) is 15.4 Å². The minimum atomic E-state index is -0.0764. The van der Waals surface area contributed by atoms with Gasteiger partial charge in [0.25, 0.3) is 0 Å². The van der Waals surface area contributed by atoms with Crippen molar-refractivity contribution in [2.75, 3.05) is 6.61 Å². The van der Waals surface area contributed by atoms with Crippen molar-refractivity contribution in [1.29, 1.82) is 0 Å². The highest BCUT2D eigenvalue weighted by atomic mass is 16.3. The average molecular weight is 128 g/mol. The summed E-state index contributed by atoms with van der Waals surface area (Å²) in [4.78, 5) is 1.36. The van der Waals surface area contributed by atoms with Crippen LogP contribution in [0.1, 0.15) is 13.0 Å². The molecule has 0 bridgehead atoms. The zero-order chi connectivity index (χ0) is 6.69. The van der Waals surface area contributed by atoms with Crippen LogP contribution in [0.15, 0.2) is 6.33 Å². The number of rotatable bonds is 2. The van der Waals surface area contributed by atoms with Crippen LogP contribution in [-0.2, 0) is 0 Å². The zero-order valence-electron chi connectivity index (χ0n) is 5.10. The SMILES string of the molecule is C[C@@H](CO)n1ncnn1. The van der Waals surface area contributed by atoms with Crippen LogP contribution in [0.25, 0.3) is 0 Å². The number of hydrogen-bond donors (Lipinski definition) is 1. The number of tetrazole rings is 1. The molecule has 0 amide bonds. The van der Waals surface area contributed by atoms with E-state index in [9.17, 15) is 0 Å². The first-order valence-electron chi connectivity index (χ1n) is 2.68. The lowest BCUT2D eigenvalue weighted by Gasteiger charge is -2.02. The topological polar surface area (TPSA) is 63.8 Å². The predicted octanol–water partition coefficient (Wildman–Crippen LogP) is -0.774. The van der Waals surface area contributed by atoms with Gasteiger partial charge in [0.2, 0.25) is 0 Å². The fourth-order valence-corrected chi connectivity index (χ4v) is 0.450. The molecule has 0 aliphatic carbocycles. The van der Waals surface area contributed by atoms with Gasteiger partial charge in [0.05, 0.1) is 12.6 Å². The minimum absolute atomic E-state index is 0.0381. The molecule has 9 heavy (non-hydrogen) atoms. The molecule has 0 radical (unpaired) electrons. The predicted molar refractivity (Wildman–Crippen MR) is 29.6 cm³/mol. The van der Waals surface area contributed by atoms with E-state index in [-0.39, 0.29) is 12.6 Å². The molecular formula is C4H8N4O. The maximum atomic E-state index is 8.58. The fraction of sp³-hybridized carbons (Fsp3) is 0.750. The van der Waals surface area contributed by atoms with E-state index in [1.165, 1.54) is 11.1 Å². The Kier molecular flexibility index (Phi) is 1.74. The Hall–Kier alpha value is -0.970. The van der Waals surface area contributed by atoms with Crippen molar-refractivity contribution < 1.29 is 5.11 Å². The van der Waals surface area contributed by atoms with E-state index >= 15 is 0 Å². The molecule has 0 unspecified atom stereocenters. The third-order valence-electron chi connectivity index (χ3n) is 1.02. The van der Waals surface area contributed by atoms with Crippen LogP contribution < -0.4 is 0 Å². The molecule has 0 aromatic carbocycles. The quantitative estimate of drug-likeness (QED) is 0.567. The Morgan fingerprint density at radius 2 is 2.56 bits per heavy atom. The second-order valence-electron chi connectivity index (χ2n) is 1.79. The molecule has 1 aromatic heterocycles. The molecule has 1 aromatic rings. The fourth-order valence-electron chi connectivity index (χ4n) is 0.450. The Morgan fingerprint density at radius 1 is 1.78 bits per heavy atom. The molecule has 0 fully saturated rings. The Labute approximate surface area is 52.3 Å². The van der Waals surface area contributed by atoms with Crippen LogP contribution >= 0.6 is 0 Å². The summed E-state index contributed by atoms with van der Waals surface area (Å²) >= 11 is 0. The molecule has 0 aliphatic heterocycles. The molecule has 1 N–H and O–H groups in total. The Balaban J connectivity index is 2.65. The molecule has 1 heterocycles. The summed E-state index contributed by atoms with van der Waals surface area (Å²) in [6, 6.07) is -0.0764. The van der Waals surface area contributed by atoms with Crippen molar-refractivity contribution in [3.63, 3.8) is 0 Å². The molecule has 0 aliphatic rings. The number of aliphatic hydroxyl groups is 1. The number of aromatic nitrogens is 4. The van der Waals surface area contributed by atoms with Crippen molar-refractivity contribution in [2.45, 2.75) is 13.0 Å². The summed E-state index contributed by atoms with van der Waals surface area (Å²) in [5.74, 6) is 0. The lowest BCUT2D eigenvalue weighted by molar-refractivity contribution is 0.216. The van der Waals surface area contributed by atoms with E-state index in [4.69, 9.17) is 5.11 Å². The van der Waals surface area contributed by atoms with Crippen LogP contribution in [0.2, 0.25) is 0 Å². The largest absolute Gasteiger partial charge is 0.394 e. The minimum Gasteiger partial charge on any atom is -0.394 e. The van der Waals surface area contributed by atoms with Crippen molar-refractivity contribution in [3.8, 4) is 0 Å². The standard InChI is InChI=1S/C4H8N4O/c1-4(2-9)8-6-3-5-7-8/h3-4,9H,2H2,1H3/t4-/m0/s1. The van der Waals surface area contributed by atoms with Crippen molar-refractivity contribution in [1.82, 2.24) is 20.2 Å². The van der Waals surface area contributed by atoms with E-state index in [0.717, 1.165) is 0 Å². The maximum Gasteiger partial charge on any atom is 0.162 e. The highest BCUT2D eigenvalue weighted by molar-refractivity contribution is 4.50. The van der Waals surface area contributed by atoms with Gasteiger partial charge in [-0.25, -0.2) is 0 Å². The lowest BCUT2D eigenvalue weighted by Crippen LogP contribution is -2.12. The van der Waals surface area contributed by atoms with Gasteiger partial charge in [0.15, 0.2) is 6.33 Å². The van der Waals surface area contributed by atoms with Crippen LogP contribution in [0.5, 0.6) is 0 Å². The number of nitrogens with zero attached hydrogens (tertiary/aromatic N) is 4. The van der Waals surface area contributed by atoms with Crippen molar-refractivity contribution in [3.05, 3.63) is 6.33 Å². The molecule has 1 rings (SSSR count). The summed E-state index contributed by atoms with van der Waals surface area (Å²) in [5, 5.41) is 19.4. The zero-order valence-corrected chi connectivity index (χ0v) is 5.10. The molecule has 0 saturated heterocycles. The second-order valence-corrected chi connectivity index (χ2v) is 1.79. The number of hydrogen-bond acceptors (Lipinski definition) is 4. The monoisotopic (exact) mass is 128 g/mol. The van der Waals surface area contributed by atoms with Crippen molar-refractivity contribution in [2.24, 2.45) is 0 Å². The maximum absolute atomic E-state index is 8.58. The average Bonchev–Trinajstić information content (AvgIpc) is 2.37. The molecule has 1 atom stereocenters. The van der Waals surface area contributed by atoms with Gasteiger partial charge in [-0.2, -0.15) is 4.80 Å². The molecular weight excluding hydrogens is 120 g/mol. The normalized spacial score (nSPS) is 13.6. The molecule has 5 nitrogen and oxygen atoms in total. The van der Waals surface area contributed by atoms with Gasteiger partial charge in [0.1, 0.15) is 0 Å². The van der Waals surface area contributed by atoms with Crippen LogP contribution in [0.3, 0.4) is 0 Å². The smallest absolute Gasteiger partial charge is 0.162 e. The van der Waals surface area contributed by atoms with Gasteiger partial charge in [0, 0.05) is 0 Å². The second kappa shape index (κ2) is 2.54. The van der Waals surface area contributed by atoms with E-state index in [0.29, 0.717) is 0 Å². The molecule has 50 valence electrons. The van der Waals surface area contributed by atoms with Gasteiger partial charge in [-0.05, 0) is 12.1 Å². The highest BCUT2D eigenvalue weighted by Gasteiger charge is 2.01. The Morgan fingerprint density at radius 3 is 3.00 bits per heavy atom. The highest BCUT2D eigenvalue weighted by Crippen LogP contribution is 1.94. The summed E-state index contributed by atoms with van der Waals surface area (Å²) < 4.78 is 0. The Bertz CT molecular complexity index is 161. The van der Waals surface area contributed by atoms with Gasteiger partial charge >= 0.3 is 0 Å². The summed E-state index contributed by atoms with van der Waals surface area (Å²) in [6.07, 6.45) is 1.34. The van der Waals surface area contributed by atoms with E-state index in [1.54, 1.807) is 0 Å². The number of aliphatic hydroxyl groups excluding tert-OH is 1. The molecule has 0 saturated carbocycles. The first-order chi connectivity index (χ1) is 4.34. The van der Waals surface area contributed by atoms with Crippen LogP contribution in [-0.4, -0.2) is 31.9 Å². The van der Waals surface area contributed by atoms with E-state index < -0.39 is 0 Å².